The average molecular weight is 295 g/mol. The van der Waals surface area contributed by atoms with Crippen LogP contribution in [0.4, 0.5) is 5.69 Å². The van der Waals surface area contributed by atoms with Crippen LogP contribution >= 0.6 is 0 Å². The predicted octanol–water partition coefficient (Wildman–Crippen LogP) is 1.85. The van der Waals surface area contributed by atoms with Gasteiger partial charge in [0.1, 0.15) is 5.75 Å². The third-order valence-corrected chi connectivity index (χ3v) is 4.18. The lowest BCUT2D eigenvalue weighted by atomic mass is 10.1. The third-order valence-electron chi connectivity index (χ3n) is 2.93. The van der Waals surface area contributed by atoms with Crippen molar-refractivity contribution in [2.75, 3.05) is 11.8 Å². The van der Waals surface area contributed by atoms with Gasteiger partial charge in [-0.05, 0) is 31.5 Å². The predicted molar refractivity (Wildman–Crippen MR) is 76.5 cm³/mol. The Morgan fingerprint density at radius 1 is 1.30 bits per heavy atom. The van der Waals surface area contributed by atoms with E-state index in [4.69, 9.17) is 4.74 Å². The van der Waals surface area contributed by atoms with Gasteiger partial charge in [0.15, 0.2) is 5.03 Å². The van der Waals surface area contributed by atoms with Gasteiger partial charge >= 0.3 is 0 Å². The topological polar surface area (TPSA) is 73.2 Å². The minimum absolute atomic E-state index is 0.0140. The number of ether oxygens (including phenoxy) is 1. The second kappa shape index (κ2) is 5.16. The fraction of sp³-hybridized carbons (Fsp3) is 0.308. The molecular formula is C13H17N3O3S. The minimum Gasteiger partial charge on any atom is -0.496 e. The highest BCUT2D eigenvalue weighted by atomic mass is 32.2. The fourth-order valence-electron chi connectivity index (χ4n) is 1.87. The number of hydrogen-bond acceptors (Lipinski definition) is 4. The van der Waals surface area contributed by atoms with E-state index in [2.05, 4.69) is 9.71 Å². The van der Waals surface area contributed by atoms with Gasteiger partial charge in [-0.15, -0.1) is 0 Å². The van der Waals surface area contributed by atoms with Gasteiger partial charge in [0.25, 0.3) is 10.0 Å². The first kappa shape index (κ1) is 14.4. The molecule has 0 bridgehead atoms. The van der Waals surface area contributed by atoms with E-state index >= 15 is 0 Å². The van der Waals surface area contributed by atoms with Crippen LogP contribution in [0.1, 0.15) is 11.1 Å². The Balaban J connectivity index is 2.42. The largest absolute Gasteiger partial charge is 0.496 e. The highest BCUT2D eigenvalue weighted by molar-refractivity contribution is 7.92. The molecule has 0 saturated heterocycles. The normalized spacial score (nSPS) is 11.4. The van der Waals surface area contributed by atoms with Gasteiger partial charge in [0, 0.05) is 18.8 Å². The quantitative estimate of drug-likeness (QED) is 0.934. The Bertz CT molecular complexity index is 735. The summed E-state index contributed by atoms with van der Waals surface area (Å²) in [6.45, 7) is 3.68. The van der Waals surface area contributed by atoms with Crippen LogP contribution in [0.25, 0.3) is 0 Å². The maximum absolute atomic E-state index is 12.3. The molecule has 0 aliphatic rings. The molecule has 0 unspecified atom stereocenters. The SMILES string of the molecule is COc1cc(C)cc(NS(=O)(=O)c2cn(C)cn2)c1C. The smallest absolute Gasteiger partial charge is 0.280 e. The van der Waals surface area contributed by atoms with Crippen LogP contribution in [0.5, 0.6) is 5.75 Å². The summed E-state index contributed by atoms with van der Waals surface area (Å²) in [5.41, 5.74) is 2.14. The van der Waals surface area contributed by atoms with Gasteiger partial charge in [-0.2, -0.15) is 8.42 Å². The highest BCUT2D eigenvalue weighted by Gasteiger charge is 2.19. The van der Waals surface area contributed by atoms with Gasteiger partial charge < -0.3 is 9.30 Å². The molecular weight excluding hydrogens is 278 g/mol. The Hall–Kier alpha value is -2.02. The van der Waals surface area contributed by atoms with Crippen molar-refractivity contribution >= 4 is 15.7 Å². The van der Waals surface area contributed by atoms with E-state index in [1.165, 1.54) is 12.5 Å². The van der Waals surface area contributed by atoms with E-state index in [1.807, 2.05) is 13.0 Å². The molecule has 20 heavy (non-hydrogen) atoms. The lowest BCUT2D eigenvalue weighted by Gasteiger charge is -2.13. The van der Waals surface area contributed by atoms with E-state index in [0.29, 0.717) is 11.4 Å². The number of benzene rings is 1. The summed E-state index contributed by atoms with van der Waals surface area (Å²) in [6, 6.07) is 3.62. The Morgan fingerprint density at radius 2 is 2.00 bits per heavy atom. The Kier molecular flexibility index (Phi) is 3.71. The number of anilines is 1. The van der Waals surface area contributed by atoms with Gasteiger partial charge in [0.2, 0.25) is 0 Å². The van der Waals surface area contributed by atoms with Crippen molar-refractivity contribution in [3.05, 3.63) is 35.8 Å². The van der Waals surface area contributed by atoms with E-state index < -0.39 is 10.0 Å². The molecule has 1 heterocycles. The molecule has 108 valence electrons. The van der Waals surface area contributed by atoms with E-state index in [0.717, 1.165) is 11.1 Å². The summed E-state index contributed by atoms with van der Waals surface area (Å²) >= 11 is 0. The van der Waals surface area contributed by atoms with Gasteiger partial charge in [-0.3, -0.25) is 4.72 Å². The summed E-state index contributed by atoms with van der Waals surface area (Å²) in [5, 5.41) is -0.0140. The van der Waals surface area contributed by atoms with Gasteiger partial charge in [-0.1, -0.05) is 0 Å². The van der Waals surface area contributed by atoms with E-state index in [9.17, 15) is 8.42 Å². The molecule has 2 aromatic rings. The molecule has 0 fully saturated rings. The molecule has 7 heteroatoms. The summed E-state index contributed by atoms with van der Waals surface area (Å²) in [6.07, 6.45) is 2.89. The standard InChI is InChI=1S/C13H17N3O3S/c1-9-5-11(10(2)12(6-9)19-4)15-20(17,18)13-7-16(3)8-14-13/h5-8,15H,1-4H3. The maximum atomic E-state index is 12.3. The van der Waals surface area contributed by atoms with Crippen molar-refractivity contribution in [1.29, 1.82) is 0 Å². The molecule has 1 aromatic carbocycles. The van der Waals surface area contributed by atoms with Crippen LogP contribution in [-0.4, -0.2) is 25.1 Å². The number of sulfonamides is 1. The number of nitrogens with one attached hydrogen (secondary N) is 1. The van der Waals surface area contributed by atoms with Crippen molar-refractivity contribution in [3.8, 4) is 5.75 Å². The van der Waals surface area contributed by atoms with Crippen molar-refractivity contribution in [2.45, 2.75) is 18.9 Å². The number of imidazole rings is 1. The van der Waals surface area contributed by atoms with Crippen LogP contribution in [-0.2, 0) is 17.1 Å². The first-order valence-electron chi connectivity index (χ1n) is 5.99. The first-order chi connectivity index (χ1) is 9.33. The lowest BCUT2D eigenvalue weighted by molar-refractivity contribution is 0.411. The molecule has 0 amide bonds. The second-order valence-electron chi connectivity index (χ2n) is 4.62. The summed E-state index contributed by atoms with van der Waals surface area (Å²) < 4.78 is 33.9. The first-order valence-corrected chi connectivity index (χ1v) is 7.48. The van der Waals surface area contributed by atoms with Crippen LogP contribution in [0.2, 0.25) is 0 Å². The van der Waals surface area contributed by atoms with Crippen LogP contribution in [0, 0.1) is 13.8 Å². The van der Waals surface area contributed by atoms with Crippen LogP contribution in [0.3, 0.4) is 0 Å². The summed E-state index contributed by atoms with van der Waals surface area (Å²) in [7, 11) is -0.425. The molecule has 0 radical (unpaired) electrons. The van der Waals surface area contributed by atoms with Crippen molar-refractivity contribution in [3.63, 3.8) is 0 Å². The number of nitrogens with zero attached hydrogens (tertiary/aromatic N) is 2. The Labute approximate surface area is 118 Å². The molecule has 6 nitrogen and oxygen atoms in total. The molecule has 1 N–H and O–H groups in total. The monoisotopic (exact) mass is 295 g/mol. The zero-order valence-electron chi connectivity index (χ0n) is 11.8. The number of rotatable bonds is 4. The zero-order chi connectivity index (χ0) is 14.9. The maximum Gasteiger partial charge on any atom is 0.280 e. The van der Waals surface area contributed by atoms with Crippen molar-refractivity contribution in [2.24, 2.45) is 7.05 Å². The number of hydrogen-bond donors (Lipinski definition) is 1. The number of aromatic nitrogens is 2. The van der Waals surface area contributed by atoms with Crippen molar-refractivity contribution in [1.82, 2.24) is 9.55 Å². The second-order valence-corrected chi connectivity index (χ2v) is 6.25. The highest BCUT2D eigenvalue weighted by Crippen LogP contribution is 2.28. The average Bonchev–Trinajstić information content (AvgIpc) is 2.80. The van der Waals surface area contributed by atoms with Crippen LogP contribution in [0.15, 0.2) is 29.7 Å². The molecule has 0 aliphatic carbocycles. The molecule has 1 aromatic heterocycles. The summed E-state index contributed by atoms with van der Waals surface area (Å²) in [4.78, 5) is 3.86. The van der Waals surface area contributed by atoms with Gasteiger partial charge in [-0.25, -0.2) is 4.98 Å². The van der Waals surface area contributed by atoms with E-state index in [1.54, 1.807) is 31.7 Å². The molecule has 0 saturated carbocycles. The fourth-order valence-corrected chi connectivity index (χ4v) is 2.97. The third kappa shape index (κ3) is 2.77. The van der Waals surface area contributed by atoms with Crippen LogP contribution < -0.4 is 9.46 Å². The zero-order valence-corrected chi connectivity index (χ0v) is 12.7. The molecule has 0 spiro atoms. The molecule has 0 aliphatic heterocycles. The Morgan fingerprint density at radius 3 is 2.55 bits per heavy atom. The molecule has 0 atom stereocenters. The lowest BCUT2D eigenvalue weighted by Crippen LogP contribution is -2.14. The minimum atomic E-state index is -3.69. The molecule has 2 rings (SSSR count). The van der Waals surface area contributed by atoms with Crippen molar-refractivity contribution < 1.29 is 13.2 Å². The van der Waals surface area contributed by atoms with Gasteiger partial charge in [0.05, 0.1) is 19.1 Å². The number of aryl methyl sites for hydroxylation is 2. The number of methoxy groups -OCH3 is 1. The van der Waals surface area contributed by atoms with E-state index in [-0.39, 0.29) is 5.03 Å². The summed E-state index contributed by atoms with van der Waals surface area (Å²) in [5.74, 6) is 0.642.